The number of nitrogens with zero attached hydrogens (tertiary/aromatic N) is 1. The van der Waals surface area contributed by atoms with Crippen LogP contribution in [0.15, 0.2) is 60.9 Å². The second-order valence-corrected chi connectivity index (χ2v) is 7.87. The van der Waals surface area contributed by atoms with Crippen molar-refractivity contribution in [2.75, 3.05) is 11.9 Å². The minimum atomic E-state index is -0.249. The average Bonchev–Trinajstić information content (AvgIpc) is 3.21. The van der Waals surface area contributed by atoms with Gasteiger partial charge >= 0.3 is 0 Å². The quantitative estimate of drug-likeness (QED) is 0.547. The van der Waals surface area contributed by atoms with E-state index in [2.05, 4.69) is 41.4 Å². The van der Waals surface area contributed by atoms with Crippen LogP contribution in [0.2, 0.25) is 0 Å². The molecule has 0 bridgehead atoms. The van der Waals surface area contributed by atoms with Gasteiger partial charge in [0.05, 0.1) is 11.3 Å². The lowest BCUT2D eigenvalue weighted by atomic mass is 9.86. The SMILES string of the molecule is CC(C)(C)c1ccc(C(=O)Nc2ccccc2C(=O)NCCc2ncc[nH]2)cc1.Cl. The number of para-hydroxylation sites is 1. The van der Waals surface area contributed by atoms with Crippen molar-refractivity contribution in [1.29, 1.82) is 0 Å². The fourth-order valence-electron chi connectivity index (χ4n) is 2.93. The van der Waals surface area contributed by atoms with Crippen LogP contribution in [0.5, 0.6) is 0 Å². The fourth-order valence-corrected chi connectivity index (χ4v) is 2.93. The van der Waals surface area contributed by atoms with Gasteiger partial charge in [0.25, 0.3) is 11.8 Å². The molecule has 158 valence electrons. The van der Waals surface area contributed by atoms with E-state index >= 15 is 0 Å². The number of aromatic nitrogens is 2. The van der Waals surface area contributed by atoms with Crippen LogP contribution in [-0.4, -0.2) is 28.3 Å². The van der Waals surface area contributed by atoms with Crippen molar-refractivity contribution in [2.45, 2.75) is 32.6 Å². The molecular formula is C23H27ClN4O2. The number of rotatable bonds is 6. The van der Waals surface area contributed by atoms with Crippen LogP contribution in [0, 0.1) is 0 Å². The summed E-state index contributed by atoms with van der Waals surface area (Å²) in [6, 6.07) is 14.5. The second-order valence-electron chi connectivity index (χ2n) is 7.87. The molecule has 0 aliphatic carbocycles. The summed E-state index contributed by atoms with van der Waals surface area (Å²) >= 11 is 0. The van der Waals surface area contributed by atoms with E-state index in [1.807, 2.05) is 24.3 Å². The van der Waals surface area contributed by atoms with Crippen molar-refractivity contribution in [3.8, 4) is 0 Å². The van der Waals surface area contributed by atoms with Gasteiger partial charge in [-0.1, -0.05) is 45.0 Å². The maximum Gasteiger partial charge on any atom is 0.255 e. The normalized spacial score (nSPS) is 10.8. The first-order valence-corrected chi connectivity index (χ1v) is 9.62. The predicted molar refractivity (Wildman–Crippen MR) is 121 cm³/mol. The molecule has 0 spiro atoms. The van der Waals surface area contributed by atoms with Gasteiger partial charge in [0.1, 0.15) is 5.82 Å². The summed E-state index contributed by atoms with van der Waals surface area (Å²) in [6.45, 7) is 6.83. The van der Waals surface area contributed by atoms with Gasteiger partial charge in [-0.3, -0.25) is 9.59 Å². The fraction of sp³-hybridized carbons (Fsp3) is 0.261. The standard InChI is InChI=1S/C23H26N4O2.ClH/c1-23(2,3)17-10-8-16(9-11-17)21(28)27-19-7-5-4-6-18(19)22(29)26-13-12-20-24-14-15-25-20;/h4-11,14-15H,12-13H2,1-3H3,(H,24,25)(H,26,29)(H,27,28);1H. The Labute approximate surface area is 182 Å². The first-order valence-electron chi connectivity index (χ1n) is 9.62. The summed E-state index contributed by atoms with van der Waals surface area (Å²) in [5, 5.41) is 5.72. The molecule has 0 aliphatic rings. The van der Waals surface area contributed by atoms with Gasteiger partial charge in [0.15, 0.2) is 0 Å². The molecule has 2 aromatic carbocycles. The van der Waals surface area contributed by atoms with Gasteiger partial charge < -0.3 is 15.6 Å². The molecule has 0 radical (unpaired) electrons. The van der Waals surface area contributed by atoms with Crippen LogP contribution in [0.25, 0.3) is 0 Å². The molecule has 0 saturated carbocycles. The number of anilines is 1. The lowest BCUT2D eigenvalue weighted by Crippen LogP contribution is -2.27. The van der Waals surface area contributed by atoms with Gasteiger partial charge in [-0.2, -0.15) is 0 Å². The number of nitrogens with one attached hydrogen (secondary N) is 3. The van der Waals surface area contributed by atoms with Gasteiger partial charge in [0, 0.05) is 30.9 Å². The molecule has 3 rings (SSSR count). The lowest BCUT2D eigenvalue weighted by molar-refractivity contribution is 0.0955. The van der Waals surface area contributed by atoms with Crippen molar-refractivity contribution in [1.82, 2.24) is 15.3 Å². The average molecular weight is 427 g/mol. The summed E-state index contributed by atoms with van der Waals surface area (Å²) in [5.41, 5.74) is 2.63. The Balaban J connectivity index is 0.00000320. The van der Waals surface area contributed by atoms with Crippen molar-refractivity contribution >= 4 is 29.9 Å². The van der Waals surface area contributed by atoms with E-state index in [9.17, 15) is 9.59 Å². The van der Waals surface area contributed by atoms with Crippen LogP contribution in [0.3, 0.4) is 0 Å². The number of amides is 2. The number of hydrogen-bond donors (Lipinski definition) is 3. The molecular weight excluding hydrogens is 400 g/mol. The molecule has 1 heterocycles. The third kappa shape index (κ3) is 5.94. The third-order valence-electron chi connectivity index (χ3n) is 4.64. The number of carbonyl (C=O) groups is 2. The van der Waals surface area contributed by atoms with Crippen LogP contribution < -0.4 is 10.6 Å². The van der Waals surface area contributed by atoms with Gasteiger partial charge in [-0.15, -0.1) is 12.4 Å². The zero-order chi connectivity index (χ0) is 20.9. The molecule has 0 saturated heterocycles. The largest absolute Gasteiger partial charge is 0.352 e. The van der Waals surface area contributed by atoms with Crippen LogP contribution in [0.1, 0.15) is 52.9 Å². The maximum atomic E-state index is 12.7. The van der Waals surface area contributed by atoms with Gasteiger partial charge in [0.2, 0.25) is 0 Å². The Bertz CT molecular complexity index is 977. The monoisotopic (exact) mass is 426 g/mol. The molecule has 6 nitrogen and oxygen atoms in total. The number of halogens is 1. The molecule has 3 aromatic rings. The van der Waals surface area contributed by atoms with Crippen molar-refractivity contribution in [3.05, 3.63) is 83.4 Å². The molecule has 0 atom stereocenters. The van der Waals surface area contributed by atoms with Crippen molar-refractivity contribution in [2.24, 2.45) is 0 Å². The highest BCUT2D eigenvalue weighted by Gasteiger charge is 2.16. The van der Waals surface area contributed by atoms with Gasteiger partial charge in [-0.05, 0) is 35.2 Å². The van der Waals surface area contributed by atoms with Crippen LogP contribution in [0.4, 0.5) is 5.69 Å². The molecule has 1 aromatic heterocycles. The first-order chi connectivity index (χ1) is 13.8. The van der Waals surface area contributed by atoms with Gasteiger partial charge in [-0.25, -0.2) is 4.98 Å². The highest BCUT2D eigenvalue weighted by molar-refractivity contribution is 6.09. The number of carbonyl (C=O) groups excluding carboxylic acids is 2. The molecule has 2 amide bonds. The molecule has 7 heteroatoms. The second kappa shape index (κ2) is 10.1. The molecule has 0 unspecified atom stereocenters. The minimum absolute atomic E-state index is 0. The zero-order valence-electron chi connectivity index (χ0n) is 17.4. The highest BCUT2D eigenvalue weighted by Crippen LogP contribution is 2.23. The summed E-state index contributed by atoms with van der Waals surface area (Å²) in [5.74, 6) is 0.322. The lowest BCUT2D eigenvalue weighted by Gasteiger charge is -2.19. The Hall–Kier alpha value is -3.12. The molecule has 0 fully saturated rings. The summed E-state index contributed by atoms with van der Waals surface area (Å²) in [7, 11) is 0. The maximum absolute atomic E-state index is 12.7. The summed E-state index contributed by atoms with van der Waals surface area (Å²) < 4.78 is 0. The third-order valence-corrected chi connectivity index (χ3v) is 4.64. The molecule has 3 N–H and O–H groups in total. The number of H-pyrrole nitrogens is 1. The Kier molecular flexibility index (Phi) is 7.78. The van der Waals surface area contributed by atoms with E-state index in [-0.39, 0.29) is 29.6 Å². The number of imidazole rings is 1. The van der Waals surface area contributed by atoms with E-state index < -0.39 is 0 Å². The van der Waals surface area contributed by atoms with E-state index in [4.69, 9.17) is 0 Å². The first kappa shape index (κ1) is 23.2. The predicted octanol–water partition coefficient (Wildman–Crippen LogP) is 4.35. The number of hydrogen-bond acceptors (Lipinski definition) is 3. The molecule has 30 heavy (non-hydrogen) atoms. The highest BCUT2D eigenvalue weighted by atomic mass is 35.5. The van der Waals surface area contributed by atoms with E-state index in [0.717, 1.165) is 11.4 Å². The van der Waals surface area contributed by atoms with Crippen LogP contribution in [-0.2, 0) is 11.8 Å². The van der Waals surface area contributed by atoms with Crippen molar-refractivity contribution < 1.29 is 9.59 Å². The Morgan fingerprint density at radius 3 is 2.33 bits per heavy atom. The Morgan fingerprint density at radius 2 is 1.70 bits per heavy atom. The van der Waals surface area contributed by atoms with E-state index in [1.165, 1.54) is 0 Å². The number of benzene rings is 2. The zero-order valence-corrected chi connectivity index (χ0v) is 18.2. The Morgan fingerprint density at radius 1 is 1.00 bits per heavy atom. The smallest absolute Gasteiger partial charge is 0.255 e. The summed E-state index contributed by atoms with van der Waals surface area (Å²) in [6.07, 6.45) is 4.03. The summed E-state index contributed by atoms with van der Waals surface area (Å²) in [4.78, 5) is 32.4. The van der Waals surface area contributed by atoms with Crippen molar-refractivity contribution in [3.63, 3.8) is 0 Å². The minimum Gasteiger partial charge on any atom is -0.352 e. The van der Waals surface area contributed by atoms with Crippen LogP contribution >= 0.6 is 12.4 Å². The number of aromatic amines is 1. The van der Waals surface area contributed by atoms with E-state index in [1.54, 1.807) is 36.7 Å². The topological polar surface area (TPSA) is 86.9 Å². The van der Waals surface area contributed by atoms with E-state index in [0.29, 0.717) is 29.8 Å². The molecule has 0 aliphatic heterocycles.